The maximum Gasteiger partial charge on any atom is 0.0901 e. The molecule has 0 aromatic heterocycles. The molecule has 0 amide bonds. The van der Waals surface area contributed by atoms with Crippen molar-refractivity contribution in [1.29, 1.82) is 0 Å². The molecule has 0 aliphatic heterocycles. The van der Waals surface area contributed by atoms with Crippen molar-refractivity contribution in [3.8, 4) is 0 Å². The van der Waals surface area contributed by atoms with Gasteiger partial charge in [0.25, 0.3) is 0 Å². The largest absolute Gasteiger partial charge is 0.387 e. The van der Waals surface area contributed by atoms with Gasteiger partial charge in [0.2, 0.25) is 0 Å². The Labute approximate surface area is 65.7 Å². The zero-order chi connectivity index (χ0) is 7.14. The Morgan fingerprint density at radius 1 is 1.50 bits per heavy atom. The number of rotatable bonds is 0. The van der Waals surface area contributed by atoms with E-state index in [0.717, 1.165) is 17.9 Å². The number of halogens is 1. The second-order valence-electron chi connectivity index (χ2n) is 3.21. The Morgan fingerprint density at radius 3 is 3.00 bits per heavy atom. The van der Waals surface area contributed by atoms with E-state index in [9.17, 15) is 5.11 Å². The van der Waals surface area contributed by atoms with Crippen LogP contribution in [0.4, 0.5) is 0 Å². The molecule has 1 nitrogen and oxygen atoms in total. The van der Waals surface area contributed by atoms with Crippen LogP contribution in [0.15, 0.2) is 10.6 Å². The first kappa shape index (κ1) is 6.68. The Bertz CT molecular complexity index is 186. The number of hydrogen-bond donors (Lipinski definition) is 1. The molecule has 0 aromatic carbocycles. The number of fused-ring (bicyclic) bond motifs is 1. The zero-order valence-corrected chi connectivity index (χ0v) is 6.56. The number of hydrogen-bond acceptors (Lipinski definition) is 1. The van der Waals surface area contributed by atoms with Crippen LogP contribution in [-0.2, 0) is 0 Å². The maximum absolute atomic E-state index is 9.31. The number of allylic oxidation sites excluding steroid dienone is 1. The lowest BCUT2D eigenvalue weighted by Gasteiger charge is -2.02. The van der Waals surface area contributed by atoms with Crippen LogP contribution in [-0.4, -0.2) is 11.2 Å². The minimum atomic E-state index is -0.332. The van der Waals surface area contributed by atoms with Gasteiger partial charge in [0.1, 0.15) is 0 Å². The normalized spacial score (nSPS) is 39.0. The van der Waals surface area contributed by atoms with Crippen LogP contribution < -0.4 is 0 Å². The van der Waals surface area contributed by atoms with E-state index in [1.165, 1.54) is 18.4 Å². The van der Waals surface area contributed by atoms with Gasteiger partial charge in [-0.15, -0.1) is 0 Å². The van der Waals surface area contributed by atoms with Gasteiger partial charge in [0, 0.05) is 5.03 Å². The Morgan fingerprint density at radius 2 is 2.30 bits per heavy atom. The van der Waals surface area contributed by atoms with E-state index in [4.69, 9.17) is 11.6 Å². The van der Waals surface area contributed by atoms with E-state index >= 15 is 0 Å². The third kappa shape index (κ3) is 0.807. The molecule has 2 heteroatoms. The Hall–Kier alpha value is -0.0100. The minimum Gasteiger partial charge on any atom is -0.387 e. The summed E-state index contributed by atoms with van der Waals surface area (Å²) in [4.78, 5) is 0. The summed E-state index contributed by atoms with van der Waals surface area (Å²) >= 11 is 5.89. The van der Waals surface area contributed by atoms with Crippen molar-refractivity contribution < 1.29 is 5.11 Å². The summed E-state index contributed by atoms with van der Waals surface area (Å²) in [6.07, 6.45) is 4.18. The van der Waals surface area contributed by atoms with Gasteiger partial charge < -0.3 is 5.11 Å². The van der Waals surface area contributed by atoms with Crippen LogP contribution in [0, 0.1) is 5.92 Å². The van der Waals surface area contributed by atoms with Crippen LogP contribution >= 0.6 is 11.6 Å². The van der Waals surface area contributed by atoms with E-state index in [1.807, 2.05) is 0 Å². The molecule has 0 spiro atoms. The third-order valence-corrected chi connectivity index (χ3v) is 3.09. The van der Waals surface area contributed by atoms with Gasteiger partial charge in [0.05, 0.1) is 6.10 Å². The average molecular weight is 159 g/mol. The van der Waals surface area contributed by atoms with Crippen molar-refractivity contribution >= 4 is 11.6 Å². The van der Waals surface area contributed by atoms with Crippen molar-refractivity contribution in [3.05, 3.63) is 10.6 Å². The standard InChI is InChI=1S/C8H11ClO/c9-8-6-3-1-2-5(6)4-7(8)10/h5,7,10H,1-4H2. The molecule has 2 aliphatic rings. The van der Waals surface area contributed by atoms with Gasteiger partial charge in [-0.2, -0.15) is 0 Å². The lowest BCUT2D eigenvalue weighted by Crippen LogP contribution is -2.02. The third-order valence-electron chi connectivity index (χ3n) is 2.60. The summed E-state index contributed by atoms with van der Waals surface area (Å²) in [7, 11) is 0. The van der Waals surface area contributed by atoms with E-state index in [2.05, 4.69) is 0 Å². The second-order valence-corrected chi connectivity index (χ2v) is 3.62. The summed E-state index contributed by atoms with van der Waals surface area (Å²) in [6.45, 7) is 0. The van der Waals surface area contributed by atoms with Gasteiger partial charge in [0.15, 0.2) is 0 Å². The molecule has 0 saturated heterocycles. The first-order chi connectivity index (χ1) is 4.79. The molecular weight excluding hydrogens is 148 g/mol. The van der Waals surface area contributed by atoms with Gasteiger partial charge in [-0.3, -0.25) is 0 Å². The highest BCUT2D eigenvalue weighted by Crippen LogP contribution is 2.44. The Kier molecular flexibility index (Phi) is 1.50. The van der Waals surface area contributed by atoms with Crippen LogP contribution in [0.1, 0.15) is 25.7 Å². The highest BCUT2D eigenvalue weighted by atomic mass is 35.5. The van der Waals surface area contributed by atoms with Crippen molar-refractivity contribution in [3.63, 3.8) is 0 Å². The van der Waals surface area contributed by atoms with Gasteiger partial charge in [-0.25, -0.2) is 0 Å². The molecule has 56 valence electrons. The van der Waals surface area contributed by atoms with Crippen LogP contribution in [0.3, 0.4) is 0 Å². The predicted octanol–water partition coefficient (Wildman–Crippen LogP) is 2.04. The monoisotopic (exact) mass is 158 g/mol. The fraction of sp³-hybridized carbons (Fsp3) is 0.750. The van der Waals surface area contributed by atoms with Gasteiger partial charge >= 0.3 is 0 Å². The summed E-state index contributed by atoms with van der Waals surface area (Å²) in [5.74, 6) is 0.627. The minimum absolute atomic E-state index is 0.332. The lowest BCUT2D eigenvalue weighted by atomic mass is 10.1. The molecule has 1 fully saturated rings. The van der Waals surface area contributed by atoms with Crippen LogP contribution in [0.5, 0.6) is 0 Å². The average Bonchev–Trinajstić information content (AvgIpc) is 2.41. The first-order valence-electron chi connectivity index (χ1n) is 3.85. The summed E-state index contributed by atoms with van der Waals surface area (Å²) in [5, 5.41) is 10.1. The van der Waals surface area contributed by atoms with Crippen molar-refractivity contribution in [2.45, 2.75) is 31.8 Å². The van der Waals surface area contributed by atoms with Crippen LogP contribution in [0.25, 0.3) is 0 Å². The molecule has 2 rings (SSSR count). The molecular formula is C8H11ClO. The number of aliphatic hydroxyl groups excluding tert-OH is 1. The molecule has 0 radical (unpaired) electrons. The molecule has 2 atom stereocenters. The quantitative estimate of drug-likeness (QED) is 0.572. The zero-order valence-electron chi connectivity index (χ0n) is 5.81. The summed E-state index contributed by atoms with van der Waals surface area (Å²) in [5.41, 5.74) is 1.34. The smallest absolute Gasteiger partial charge is 0.0901 e. The molecule has 0 heterocycles. The molecule has 2 unspecified atom stereocenters. The Balaban J connectivity index is 2.29. The predicted molar refractivity (Wildman–Crippen MR) is 40.8 cm³/mol. The SMILES string of the molecule is OC1CC2CCCC2=C1Cl. The fourth-order valence-corrected chi connectivity index (χ4v) is 2.42. The van der Waals surface area contributed by atoms with Crippen LogP contribution in [0.2, 0.25) is 0 Å². The maximum atomic E-state index is 9.31. The number of aliphatic hydroxyl groups is 1. The van der Waals surface area contributed by atoms with Crippen molar-refractivity contribution in [2.24, 2.45) is 5.92 Å². The molecule has 10 heavy (non-hydrogen) atoms. The fourth-order valence-electron chi connectivity index (χ4n) is 2.08. The van der Waals surface area contributed by atoms with E-state index in [1.54, 1.807) is 0 Å². The molecule has 1 N–H and O–H groups in total. The van der Waals surface area contributed by atoms with Crippen molar-refractivity contribution in [1.82, 2.24) is 0 Å². The van der Waals surface area contributed by atoms with E-state index < -0.39 is 0 Å². The highest BCUT2D eigenvalue weighted by molar-refractivity contribution is 6.30. The van der Waals surface area contributed by atoms with E-state index in [-0.39, 0.29) is 6.10 Å². The molecule has 0 bridgehead atoms. The topological polar surface area (TPSA) is 20.2 Å². The molecule has 2 aliphatic carbocycles. The summed E-state index contributed by atoms with van der Waals surface area (Å²) in [6, 6.07) is 0. The van der Waals surface area contributed by atoms with Gasteiger partial charge in [-0.1, -0.05) is 11.6 Å². The molecule has 1 saturated carbocycles. The van der Waals surface area contributed by atoms with Gasteiger partial charge in [-0.05, 0) is 37.2 Å². The summed E-state index contributed by atoms with van der Waals surface area (Å²) < 4.78 is 0. The highest BCUT2D eigenvalue weighted by Gasteiger charge is 2.34. The molecule has 0 aromatic rings. The van der Waals surface area contributed by atoms with Crippen molar-refractivity contribution in [2.75, 3.05) is 0 Å². The first-order valence-corrected chi connectivity index (χ1v) is 4.23. The lowest BCUT2D eigenvalue weighted by molar-refractivity contribution is 0.205. The second kappa shape index (κ2) is 2.24. The van der Waals surface area contributed by atoms with E-state index in [0.29, 0.717) is 5.92 Å².